The minimum absolute atomic E-state index is 0.0290. The summed E-state index contributed by atoms with van der Waals surface area (Å²) < 4.78 is 39.2. The van der Waals surface area contributed by atoms with Crippen LogP contribution in [-0.4, -0.2) is 47.9 Å². The molecular weight excluding hydrogens is 295 g/mol. The predicted molar refractivity (Wildman–Crippen MR) is 77.6 cm³/mol. The summed E-state index contributed by atoms with van der Waals surface area (Å²) in [6, 6.07) is 7.99. The Bertz CT molecular complexity index is 667. The van der Waals surface area contributed by atoms with Gasteiger partial charge in [-0.1, -0.05) is 18.2 Å². The zero-order valence-electron chi connectivity index (χ0n) is 11.8. The van der Waals surface area contributed by atoms with E-state index in [0.29, 0.717) is 42.8 Å². The van der Waals surface area contributed by atoms with Crippen LogP contribution in [-0.2, 0) is 6.18 Å². The van der Waals surface area contributed by atoms with E-state index in [2.05, 4.69) is 4.98 Å². The maximum absolute atomic E-state index is 13.1. The standard InChI is InChI=1S/C15H16F3N3O/c16-15(17,18)14-9-13(11-3-1-2-4-12(11)19-14)21-7-5-20(10-22)6-8-21/h1-4,9,22H,5-8,10H2. The summed E-state index contributed by atoms with van der Waals surface area (Å²) in [5.74, 6) is 0. The topological polar surface area (TPSA) is 39.6 Å². The SMILES string of the molecule is OCN1CCN(c2cc(C(F)(F)F)nc3ccccc23)CC1. The molecule has 7 heteroatoms. The van der Waals surface area contributed by atoms with Gasteiger partial charge in [0, 0.05) is 37.3 Å². The number of aromatic nitrogens is 1. The molecule has 0 spiro atoms. The second-order valence-corrected chi connectivity index (χ2v) is 5.29. The number of rotatable bonds is 2. The Morgan fingerprint density at radius 2 is 1.77 bits per heavy atom. The van der Waals surface area contributed by atoms with Crippen molar-refractivity contribution in [3.8, 4) is 0 Å². The molecule has 3 rings (SSSR count). The van der Waals surface area contributed by atoms with Crippen molar-refractivity contribution in [1.29, 1.82) is 0 Å². The molecule has 0 saturated carbocycles. The van der Waals surface area contributed by atoms with Gasteiger partial charge in [0.05, 0.1) is 12.2 Å². The van der Waals surface area contributed by atoms with Crippen LogP contribution in [0.5, 0.6) is 0 Å². The van der Waals surface area contributed by atoms with E-state index in [-0.39, 0.29) is 6.73 Å². The third-order valence-electron chi connectivity index (χ3n) is 3.90. The van der Waals surface area contributed by atoms with Crippen molar-refractivity contribution >= 4 is 16.6 Å². The summed E-state index contributed by atoms with van der Waals surface area (Å²) >= 11 is 0. The molecule has 1 fully saturated rings. The molecular formula is C15H16F3N3O. The number of pyridine rings is 1. The highest BCUT2D eigenvalue weighted by atomic mass is 19.4. The number of piperazine rings is 1. The highest BCUT2D eigenvalue weighted by Crippen LogP contribution is 2.34. The first-order valence-electron chi connectivity index (χ1n) is 7.04. The van der Waals surface area contributed by atoms with Gasteiger partial charge < -0.3 is 10.0 Å². The molecule has 1 saturated heterocycles. The quantitative estimate of drug-likeness (QED) is 0.924. The van der Waals surface area contributed by atoms with Crippen molar-refractivity contribution in [2.24, 2.45) is 0 Å². The van der Waals surface area contributed by atoms with Gasteiger partial charge in [0.2, 0.25) is 0 Å². The van der Waals surface area contributed by atoms with Crippen molar-refractivity contribution < 1.29 is 18.3 Å². The number of aliphatic hydroxyl groups is 1. The van der Waals surface area contributed by atoms with Crippen LogP contribution in [0.25, 0.3) is 10.9 Å². The highest BCUT2D eigenvalue weighted by molar-refractivity contribution is 5.92. The second kappa shape index (κ2) is 5.73. The summed E-state index contributed by atoms with van der Waals surface area (Å²) in [5.41, 5.74) is 0.0261. The van der Waals surface area contributed by atoms with E-state index in [1.807, 2.05) is 9.80 Å². The maximum atomic E-state index is 13.1. The molecule has 0 unspecified atom stereocenters. The first-order valence-corrected chi connectivity index (χ1v) is 7.04. The Hall–Kier alpha value is -1.86. The van der Waals surface area contributed by atoms with Crippen molar-refractivity contribution in [3.05, 3.63) is 36.0 Å². The number of aliphatic hydroxyl groups excluding tert-OH is 1. The van der Waals surface area contributed by atoms with Gasteiger partial charge >= 0.3 is 6.18 Å². The highest BCUT2D eigenvalue weighted by Gasteiger charge is 2.34. The molecule has 1 aromatic heterocycles. The Morgan fingerprint density at radius 1 is 1.09 bits per heavy atom. The Balaban J connectivity index is 2.04. The molecule has 0 aliphatic carbocycles. The molecule has 1 aromatic carbocycles. The van der Waals surface area contributed by atoms with E-state index in [1.54, 1.807) is 24.3 Å². The molecule has 0 atom stereocenters. The van der Waals surface area contributed by atoms with Crippen molar-refractivity contribution in [2.45, 2.75) is 6.18 Å². The molecule has 1 aliphatic rings. The maximum Gasteiger partial charge on any atom is 0.433 e. The van der Waals surface area contributed by atoms with E-state index >= 15 is 0 Å². The van der Waals surface area contributed by atoms with E-state index in [9.17, 15) is 13.2 Å². The van der Waals surface area contributed by atoms with E-state index < -0.39 is 11.9 Å². The number of para-hydroxylation sites is 1. The van der Waals surface area contributed by atoms with Gasteiger partial charge in [0.15, 0.2) is 0 Å². The van der Waals surface area contributed by atoms with Crippen LogP contribution in [0.3, 0.4) is 0 Å². The van der Waals surface area contributed by atoms with E-state index in [0.717, 1.165) is 6.07 Å². The lowest BCUT2D eigenvalue weighted by Crippen LogP contribution is -2.46. The first kappa shape index (κ1) is 15.1. The zero-order chi connectivity index (χ0) is 15.7. The third-order valence-corrected chi connectivity index (χ3v) is 3.90. The summed E-state index contributed by atoms with van der Waals surface area (Å²) in [4.78, 5) is 7.50. The summed E-state index contributed by atoms with van der Waals surface area (Å²) in [7, 11) is 0. The number of nitrogens with zero attached hydrogens (tertiary/aromatic N) is 3. The van der Waals surface area contributed by atoms with Crippen LogP contribution < -0.4 is 4.90 Å². The smallest absolute Gasteiger partial charge is 0.381 e. The largest absolute Gasteiger partial charge is 0.433 e. The Kier molecular flexibility index (Phi) is 3.92. The van der Waals surface area contributed by atoms with Gasteiger partial charge in [-0.2, -0.15) is 13.2 Å². The van der Waals surface area contributed by atoms with Gasteiger partial charge in [0.25, 0.3) is 0 Å². The Morgan fingerprint density at radius 3 is 2.41 bits per heavy atom. The molecule has 2 heterocycles. The molecule has 0 radical (unpaired) electrons. The van der Waals surface area contributed by atoms with Gasteiger partial charge in [-0.25, -0.2) is 4.98 Å². The van der Waals surface area contributed by atoms with Gasteiger partial charge in [-0.05, 0) is 12.1 Å². The number of hydrogen-bond acceptors (Lipinski definition) is 4. The summed E-state index contributed by atoms with van der Waals surface area (Å²) in [6.45, 7) is 2.36. The average Bonchev–Trinajstić information content (AvgIpc) is 2.53. The first-order chi connectivity index (χ1) is 10.5. The number of hydrogen-bond donors (Lipinski definition) is 1. The lowest BCUT2D eigenvalue weighted by atomic mass is 10.1. The number of benzene rings is 1. The number of alkyl halides is 3. The average molecular weight is 311 g/mol. The summed E-state index contributed by atoms with van der Waals surface area (Å²) in [5, 5.41) is 9.83. The molecule has 22 heavy (non-hydrogen) atoms. The minimum Gasteiger partial charge on any atom is -0.381 e. The third kappa shape index (κ3) is 2.86. The molecule has 1 aliphatic heterocycles. The summed E-state index contributed by atoms with van der Waals surface area (Å²) in [6.07, 6.45) is -4.47. The van der Waals surface area contributed by atoms with Crippen LogP contribution in [0, 0.1) is 0 Å². The number of fused-ring (bicyclic) bond motifs is 1. The fourth-order valence-electron chi connectivity index (χ4n) is 2.69. The molecule has 118 valence electrons. The zero-order valence-corrected chi connectivity index (χ0v) is 11.8. The molecule has 1 N–H and O–H groups in total. The van der Waals surface area contributed by atoms with Crippen LogP contribution in [0.1, 0.15) is 5.69 Å². The van der Waals surface area contributed by atoms with E-state index in [1.165, 1.54) is 0 Å². The monoisotopic (exact) mass is 311 g/mol. The van der Waals surface area contributed by atoms with E-state index in [4.69, 9.17) is 5.11 Å². The fraction of sp³-hybridized carbons (Fsp3) is 0.400. The normalized spacial score (nSPS) is 17.2. The predicted octanol–water partition coefficient (Wildman–Crippen LogP) is 2.33. The van der Waals surface area contributed by atoms with Crippen molar-refractivity contribution in [1.82, 2.24) is 9.88 Å². The second-order valence-electron chi connectivity index (χ2n) is 5.29. The van der Waals surface area contributed by atoms with Crippen LogP contribution in [0.15, 0.2) is 30.3 Å². The molecule has 0 amide bonds. The van der Waals surface area contributed by atoms with Crippen LogP contribution in [0.4, 0.5) is 18.9 Å². The molecule has 4 nitrogen and oxygen atoms in total. The number of anilines is 1. The lowest BCUT2D eigenvalue weighted by Gasteiger charge is -2.35. The van der Waals surface area contributed by atoms with Crippen LogP contribution >= 0.6 is 0 Å². The van der Waals surface area contributed by atoms with Gasteiger partial charge in [-0.15, -0.1) is 0 Å². The van der Waals surface area contributed by atoms with Crippen molar-refractivity contribution in [3.63, 3.8) is 0 Å². The fourth-order valence-corrected chi connectivity index (χ4v) is 2.69. The Labute approximate surface area is 125 Å². The van der Waals surface area contributed by atoms with Crippen LogP contribution in [0.2, 0.25) is 0 Å². The molecule has 2 aromatic rings. The lowest BCUT2D eigenvalue weighted by molar-refractivity contribution is -0.140. The molecule has 0 bridgehead atoms. The van der Waals surface area contributed by atoms with Gasteiger partial charge in [-0.3, -0.25) is 4.90 Å². The van der Waals surface area contributed by atoms with Gasteiger partial charge in [0.1, 0.15) is 5.69 Å². The number of halogens is 3. The van der Waals surface area contributed by atoms with Crippen molar-refractivity contribution in [2.75, 3.05) is 37.8 Å². The minimum atomic E-state index is -4.47.